The van der Waals surface area contributed by atoms with E-state index in [1.807, 2.05) is 32.0 Å². The summed E-state index contributed by atoms with van der Waals surface area (Å²) in [6.45, 7) is 4.85. The van der Waals surface area contributed by atoms with Gasteiger partial charge >= 0.3 is 5.97 Å². The Kier molecular flexibility index (Phi) is 6.24. The summed E-state index contributed by atoms with van der Waals surface area (Å²) in [5, 5.41) is 2.90. The zero-order valence-electron chi connectivity index (χ0n) is 16.2. The molecule has 1 aliphatic carbocycles. The number of nitrogens with one attached hydrogen (secondary N) is 1. The summed E-state index contributed by atoms with van der Waals surface area (Å²) in [7, 11) is 0. The summed E-state index contributed by atoms with van der Waals surface area (Å²) in [5.74, 6) is 0.809. The van der Waals surface area contributed by atoms with Crippen LogP contribution in [0.15, 0.2) is 18.2 Å². The minimum Gasteiger partial charge on any atom is -0.486 e. The van der Waals surface area contributed by atoms with Gasteiger partial charge in [-0.3, -0.25) is 9.59 Å². The van der Waals surface area contributed by atoms with E-state index < -0.39 is 5.41 Å². The number of carbonyl (C=O) groups is 2. The van der Waals surface area contributed by atoms with E-state index in [1.54, 1.807) is 0 Å². The fourth-order valence-electron chi connectivity index (χ4n) is 3.96. The molecule has 3 rings (SSSR count). The second kappa shape index (κ2) is 8.63. The maximum Gasteiger partial charge on any atom is 0.317 e. The normalized spacial score (nSPS) is 17.6. The van der Waals surface area contributed by atoms with Crippen LogP contribution in [0.3, 0.4) is 0 Å². The molecular weight excluding hydrogens is 346 g/mol. The molecule has 1 heterocycles. The van der Waals surface area contributed by atoms with Crippen molar-refractivity contribution in [3.05, 3.63) is 23.8 Å². The predicted octanol–water partition coefficient (Wildman–Crippen LogP) is 3.12. The van der Waals surface area contributed by atoms with Crippen molar-refractivity contribution in [2.45, 2.75) is 63.8 Å². The number of carbonyl (C=O) groups excluding carboxylic acids is 2. The molecule has 1 aromatic rings. The summed E-state index contributed by atoms with van der Waals surface area (Å²) in [4.78, 5) is 25.1. The van der Waals surface area contributed by atoms with E-state index in [0.717, 1.165) is 44.1 Å². The van der Waals surface area contributed by atoms with E-state index in [2.05, 4.69) is 5.32 Å². The minimum absolute atomic E-state index is 0.120. The van der Waals surface area contributed by atoms with Gasteiger partial charge in [-0.1, -0.05) is 32.8 Å². The molecule has 6 heteroatoms. The quantitative estimate of drug-likeness (QED) is 0.741. The molecule has 1 fully saturated rings. The van der Waals surface area contributed by atoms with Crippen LogP contribution in [0.5, 0.6) is 11.5 Å². The van der Waals surface area contributed by atoms with Crippen molar-refractivity contribution in [1.82, 2.24) is 5.32 Å². The lowest BCUT2D eigenvalue weighted by Crippen LogP contribution is -2.40. The molecule has 0 atom stereocenters. The third-order valence-electron chi connectivity index (χ3n) is 5.63. The summed E-state index contributed by atoms with van der Waals surface area (Å²) in [6.07, 6.45) is 5.08. The van der Waals surface area contributed by atoms with Gasteiger partial charge in [-0.25, -0.2) is 0 Å². The summed E-state index contributed by atoms with van der Waals surface area (Å²) in [6, 6.07) is 5.79. The van der Waals surface area contributed by atoms with Gasteiger partial charge < -0.3 is 19.5 Å². The molecule has 27 heavy (non-hydrogen) atoms. The summed E-state index contributed by atoms with van der Waals surface area (Å²) in [5.41, 5.74) is 0.181. The Morgan fingerprint density at radius 1 is 1.11 bits per heavy atom. The molecule has 0 saturated heterocycles. The Bertz CT molecular complexity index is 677. The molecule has 1 aliphatic heterocycles. The van der Waals surface area contributed by atoms with Crippen molar-refractivity contribution in [3.8, 4) is 11.5 Å². The first-order valence-corrected chi connectivity index (χ1v) is 9.95. The Balaban J connectivity index is 1.71. The van der Waals surface area contributed by atoms with Crippen molar-refractivity contribution in [1.29, 1.82) is 0 Å². The van der Waals surface area contributed by atoms with Crippen LogP contribution in [0.1, 0.15) is 57.9 Å². The number of ether oxygens (including phenoxy) is 3. The smallest absolute Gasteiger partial charge is 0.317 e. The number of fused-ring (bicyclic) bond motifs is 1. The average Bonchev–Trinajstić information content (AvgIpc) is 3.21. The van der Waals surface area contributed by atoms with Gasteiger partial charge in [-0.15, -0.1) is 0 Å². The number of rotatable bonds is 7. The Morgan fingerprint density at radius 2 is 1.78 bits per heavy atom. The van der Waals surface area contributed by atoms with Crippen molar-refractivity contribution in [2.24, 2.45) is 0 Å². The van der Waals surface area contributed by atoms with Gasteiger partial charge in [0, 0.05) is 6.04 Å². The van der Waals surface area contributed by atoms with E-state index in [-0.39, 0.29) is 24.5 Å². The zero-order chi connectivity index (χ0) is 19.3. The van der Waals surface area contributed by atoms with Gasteiger partial charge in [0.1, 0.15) is 13.2 Å². The largest absolute Gasteiger partial charge is 0.486 e. The highest BCUT2D eigenvalue weighted by molar-refractivity contribution is 5.87. The van der Waals surface area contributed by atoms with Crippen LogP contribution < -0.4 is 14.8 Å². The molecule has 0 spiro atoms. The predicted molar refractivity (Wildman–Crippen MR) is 101 cm³/mol. The van der Waals surface area contributed by atoms with Gasteiger partial charge in [0.05, 0.1) is 5.41 Å². The second-order valence-electron chi connectivity index (χ2n) is 7.30. The van der Waals surface area contributed by atoms with Gasteiger partial charge in [-0.2, -0.15) is 0 Å². The molecule has 0 unspecified atom stereocenters. The molecule has 148 valence electrons. The summed E-state index contributed by atoms with van der Waals surface area (Å²) < 4.78 is 16.7. The highest BCUT2D eigenvalue weighted by Gasteiger charge is 2.45. The molecule has 2 aliphatic rings. The Labute approximate surface area is 160 Å². The number of hydrogen-bond donors (Lipinski definition) is 1. The zero-order valence-corrected chi connectivity index (χ0v) is 16.2. The summed E-state index contributed by atoms with van der Waals surface area (Å²) >= 11 is 0. The number of hydrogen-bond acceptors (Lipinski definition) is 5. The molecule has 1 N–H and O–H groups in total. The van der Waals surface area contributed by atoms with Crippen LogP contribution in [-0.4, -0.2) is 37.7 Å². The monoisotopic (exact) mass is 375 g/mol. The lowest BCUT2D eigenvalue weighted by atomic mass is 9.78. The van der Waals surface area contributed by atoms with E-state index in [9.17, 15) is 9.59 Å². The van der Waals surface area contributed by atoms with Crippen molar-refractivity contribution >= 4 is 11.9 Å². The minimum atomic E-state index is -0.703. The molecule has 1 aromatic carbocycles. The van der Waals surface area contributed by atoms with E-state index in [0.29, 0.717) is 24.7 Å². The van der Waals surface area contributed by atoms with Gasteiger partial charge in [-0.05, 0) is 43.4 Å². The van der Waals surface area contributed by atoms with Crippen molar-refractivity contribution in [3.63, 3.8) is 0 Å². The molecule has 6 nitrogen and oxygen atoms in total. The molecule has 0 radical (unpaired) electrons. The highest BCUT2D eigenvalue weighted by atomic mass is 16.6. The maximum atomic E-state index is 13.0. The standard InChI is InChI=1S/C21H29NO5/c1-3-16(4-2)22-19(23)14-27-20(24)21(9-5-6-10-21)15-7-8-17-18(13-15)26-12-11-25-17/h7-8,13,16H,3-6,9-12,14H2,1-2H3,(H,22,23). The van der Waals surface area contributed by atoms with Gasteiger partial charge in [0.25, 0.3) is 5.91 Å². The van der Waals surface area contributed by atoms with Crippen LogP contribution in [0.4, 0.5) is 0 Å². The Morgan fingerprint density at radius 3 is 2.44 bits per heavy atom. The van der Waals surface area contributed by atoms with E-state index in [1.165, 1.54) is 0 Å². The third-order valence-corrected chi connectivity index (χ3v) is 5.63. The first-order valence-electron chi connectivity index (χ1n) is 9.95. The molecular formula is C21H29NO5. The Hall–Kier alpha value is -2.24. The van der Waals surface area contributed by atoms with E-state index in [4.69, 9.17) is 14.2 Å². The van der Waals surface area contributed by atoms with Crippen LogP contribution in [0.2, 0.25) is 0 Å². The second-order valence-corrected chi connectivity index (χ2v) is 7.30. The fourth-order valence-corrected chi connectivity index (χ4v) is 3.96. The third kappa shape index (κ3) is 4.20. The number of amides is 1. The first kappa shape index (κ1) is 19.5. The van der Waals surface area contributed by atoms with Crippen LogP contribution in [0.25, 0.3) is 0 Å². The van der Waals surface area contributed by atoms with Crippen LogP contribution in [-0.2, 0) is 19.7 Å². The molecule has 1 amide bonds. The molecule has 0 aromatic heterocycles. The van der Waals surface area contributed by atoms with Crippen molar-refractivity contribution in [2.75, 3.05) is 19.8 Å². The lowest BCUT2D eigenvalue weighted by Gasteiger charge is -2.29. The average molecular weight is 375 g/mol. The topological polar surface area (TPSA) is 73.9 Å². The van der Waals surface area contributed by atoms with Gasteiger partial charge in [0.2, 0.25) is 0 Å². The van der Waals surface area contributed by atoms with Crippen LogP contribution in [0, 0.1) is 0 Å². The number of esters is 1. The van der Waals surface area contributed by atoms with Crippen molar-refractivity contribution < 1.29 is 23.8 Å². The van der Waals surface area contributed by atoms with E-state index >= 15 is 0 Å². The first-order chi connectivity index (χ1) is 13.1. The molecule has 1 saturated carbocycles. The highest BCUT2D eigenvalue weighted by Crippen LogP contribution is 2.45. The SMILES string of the molecule is CCC(CC)NC(=O)COC(=O)C1(c2ccc3c(c2)OCCO3)CCCC1. The number of benzene rings is 1. The molecule has 0 bridgehead atoms. The lowest BCUT2D eigenvalue weighted by molar-refractivity contribution is -0.154. The fraction of sp³-hybridized carbons (Fsp3) is 0.619. The van der Waals surface area contributed by atoms with Gasteiger partial charge in [0.15, 0.2) is 18.1 Å². The maximum absolute atomic E-state index is 13.0. The van der Waals surface area contributed by atoms with Crippen LogP contribution >= 0.6 is 0 Å².